The SMILES string of the molecule is CCOC(=O)c1ccccc1Nc1ncnc(NNC(=O)c2cccnc2)c1[N+](=O)[O-]. The minimum atomic E-state index is -0.714. The number of para-hydroxylation sites is 1. The lowest BCUT2D eigenvalue weighted by molar-refractivity contribution is -0.383. The zero-order valence-electron chi connectivity index (χ0n) is 16.2. The minimum absolute atomic E-state index is 0.172. The fourth-order valence-corrected chi connectivity index (χ4v) is 2.53. The van der Waals surface area contributed by atoms with Gasteiger partial charge < -0.3 is 10.1 Å². The molecule has 3 aromatic rings. The number of benzene rings is 1. The van der Waals surface area contributed by atoms with Crippen molar-refractivity contribution in [2.24, 2.45) is 0 Å². The summed E-state index contributed by atoms with van der Waals surface area (Å²) in [6.45, 7) is 1.84. The number of nitrogens with one attached hydrogen (secondary N) is 3. The van der Waals surface area contributed by atoms with E-state index in [0.717, 1.165) is 6.33 Å². The molecule has 0 aliphatic heterocycles. The van der Waals surface area contributed by atoms with Crippen molar-refractivity contribution in [2.75, 3.05) is 17.3 Å². The van der Waals surface area contributed by atoms with Gasteiger partial charge in [-0.2, -0.15) is 0 Å². The van der Waals surface area contributed by atoms with Crippen LogP contribution in [-0.2, 0) is 4.74 Å². The van der Waals surface area contributed by atoms with Crippen LogP contribution in [0.5, 0.6) is 0 Å². The summed E-state index contributed by atoms with van der Waals surface area (Å²) in [5.74, 6) is -1.60. The van der Waals surface area contributed by atoms with Crippen LogP contribution in [0.2, 0.25) is 0 Å². The Morgan fingerprint density at radius 3 is 2.61 bits per heavy atom. The first-order chi connectivity index (χ1) is 15.0. The first-order valence-electron chi connectivity index (χ1n) is 9.00. The zero-order chi connectivity index (χ0) is 22.2. The van der Waals surface area contributed by atoms with Crippen LogP contribution in [-0.4, -0.2) is 38.4 Å². The normalized spacial score (nSPS) is 10.1. The quantitative estimate of drug-likeness (QED) is 0.279. The van der Waals surface area contributed by atoms with Crippen LogP contribution >= 0.6 is 0 Å². The molecule has 12 heteroatoms. The molecule has 0 atom stereocenters. The van der Waals surface area contributed by atoms with E-state index >= 15 is 0 Å². The number of hydrazine groups is 1. The van der Waals surface area contributed by atoms with E-state index in [2.05, 4.69) is 31.1 Å². The first kappa shape index (κ1) is 21.1. The molecule has 2 heterocycles. The van der Waals surface area contributed by atoms with Crippen molar-refractivity contribution in [3.05, 3.63) is 76.4 Å². The lowest BCUT2D eigenvalue weighted by Gasteiger charge is -2.13. The molecule has 1 amide bonds. The second-order valence-electron chi connectivity index (χ2n) is 5.89. The largest absolute Gasteiger partial charge is 0.462 e. The molecular weight excluding hydrogens is 406 g/mol. The van der Waals surface area contributed by atoms with E-state index in [-0.39, 0.29) is 35.1 Å². The van der Waals surface area contributed by atoms with Gasteiger partial charge in [-0.15, -0.1) is 0 Å². The second-order valence-corrected chi connectivity index (χ2v) is 5.89. The predicted octanol–water partition coefficient (Wildman–Crippen LogP) is 2.46. The van der Waals surface area contributed by atoms with E-state index in [1.807, 2.05) is 0 Å². The van der Waals surface area contributed by atoms with E-state index in [9.17, 15) is 19.7 Å². The maximum absolute atomic E-state index is 12.2. The number of esters is 1. The molecule has 0 aliphatic carbocycles. The Morgan fingerprint density at radius 1 is 1.13 bits per heavy atom. The number of carbonyl (C=O) groups is 2. The van der Waals surface area contributed by atoms with Gasteiger partial charge in [0.25, 0.3) is 5.91 Å². The number of nitrogens with zero attached hydrogens (tertiary/aromatic N) is 4. The number of anilines is 3. The third-order valence-electron chi connectivity index (χ3n) is 3.90. The van der Waals surface area contributed by atoms with Crippen molar-refractivity contribution in [3.63, 3.8) is 0 Å². The Labute approximate surface area is 175 Å². The highest BCUT2D eigenvalue weighted by atomic mass is 16.6. The topological polar surface area (TPSA) is 161 Å². The number of hydrogen-bond donors (Lipinski definition) is 3. The molecule has 158 valence electrons. The summed E-state index contributed by atoms with van der Waals surface area (Å²) in [4.78, 5) is 46.9. The molecule has 2 aromatic heterocycles. The fraction of sp³-hybridized carbons (Fsp3) is 0.105. The van der Waals surface area contributed by atoms with E-state index in [0.29, 0.717) is 0 Å². The van der Waals surface area contributed by atoms with Crippen molar-refractivity contribution >= 4 is 34.9 Å². The molecule has 0 fully saturated rings. The molecule has 3 rings (SSSR count). The van der Waals surface area contributed by atoms with E-state index in [4.69, 9.17) is 4.74 Å². The minimum Gasteiger partial charge on any atom is -0.462 e. The number of amides is 1. The number of rotatable bonds is 8. The third kappa shape index (κ3) is 5.06. The van der Waals surface area contributed by atoms with Crippen molar-refractivity contribution in [1.82, 2.24) is 20.4 Å². The monoisotopic (exact) mass is 423 g/mol. The average Bonchev–Trinajstić information content (AvgIpc) is 2.78. The lowest BCUT2D eigenvalue weighted by Crippen LogP contribution is -2.30. The van der Waals surface area contributed by atoms with Gasteiger partial charge in [0.05, 0.1) is 28.3 Å². The van der Waals surface area contributed by atoms with Crippen molar-refractivity contribution < 1.29 is 19.2 Å². The van der Waals surface area contributed by atoms with Crippen LogP contribution in [0.15, 0.2) is 55.1 Å². The van der Waals surface area contributed by atoms with Gasteiger partial charge in [-0.05, 0) is 31.2 Å². The van der Waals surface area contributed by atoms with Crippen LogP contribution in [0.4, 0.5) is 23.0 Å². The van der Waals surface area contributed by atoms with E-state index in [1.54, 1.807) is 31.2 Å². The molecule has 0 radical (unpaired) electrons. The first-order valence-corrected chi connectivity index (χ1v) is 9.00. The highest BCUT2D eigenvalue weighted by Gasteiger charge is 2.25. The van der Waals surface area contributed by atoms with Crippen LogP contribution in [0, 0.1) is 10.1 Å². The Morgan fingerprint density at radius 2 is 1.90 bits per heavy atom. The number of hydrogen-bond acceptors (Lipinski definition) is 10. The molecule has 31 heavy (non-hydrogen) atoms. The van der Waals surface area contributed by atoms with Crippen LogP contribution in [0.25, 0.3) is 0 Å². The summed E-state index contributed by atoms with van der Waals surface area (Å²) in [6, 6.07) is 9.44. The van der Waals surface area contributed by atoms with Crippen LogP contribution in [0.1, 0.15) is 27.6 Å². The predicted molar refractivity (Wildman–Crippen MR) is 110 cm³/mol. The van der Waals surface area contributed by atoms with Gasteiger partial charge in [-0.1, -0.05) is 12.1 Å². The maximum Gasteiger partial charge on any atom is 0.355 e. The number of aromatic nitrogens is 3. The highest BCUT2D eigenvalue weighted by molar-refractivity contribution is 5.97. The summed E-state index contributed by atoms with van der Waals surface area (Å²) < 4.78 is 5.00. The van der Waals surface area contributed by atoms with Crippen LogP contribution in [0.3, 0.4) is 0 Å². The average molecular weight is 423 g/mol. The summed E-state index contributed by atoms with van der Waals surface area (Å²) in [5, 5.41) is 14.5. The lowest BCUT2D eigenvalue weighted by atomic mass is 10.2. The molecule has 0 saturated heterocycles. The summed E-state index contributed by atoms with van der Waals surface area (Å²) >= 11 is 0. The second kappa shape index (κ2) is 9.73. The van der Waals surface area contributed by atoms with Crippen molar-refractivity contribution in [2.45, 2.75) is 6.92 Å². The van der Waals surface area contributed by atoms with Gasteiger partial charge in [0, 0.05) is 12.4 Å². The molecule has 3 N–H and O–H groups in total. The summed E-state index contributed by atoms with van der Waals surface area (Å²) in [7, 11) is 0. The van der Waals surface area contributed by atoms with E-state index < -0.39 is 22.5 Å². The van der Waals surface area contributed by atoms with Gasteiger partial charge in [-0.25, -0.2) is 14.8 Å². The molecule has 1 aromatic carbocycles. The molecule has 0 bridgehead atoms. The molecule has 0 unspecified atom stereocenters. The maximum atomic E-state index is 12.2. The molecule has 0 aliphatic rings. The Balaban J connectivity index is 1.87. The Kier molecular flexibility index (Phi) is 6.63. The molecular formula is C19H17N7O5. The summed E-state index contributed by atoms with van der Waals surface area (Å²) in [5.41, 5.74) is 4.89. The van der Waals surface area contributed by atoms with Gasteiger partial charge in [0.1, 0.15) is 6.33 Å². The van der Waals surface area contributed by atoms with Crippen molar-refractivity contribution in [1.29, 1.82) is 0 Å². The smallest absolute Gasteiger partial charge is 0.355 e. The fourth-order valence-electron chi connectivity index (χ4n) is 2.53. The summed E-state index contributed by atoms with van der Waals surface area (Å²) in [6.07, 6.45) is 3.91. The number of carbonyl (C=O) groups excluding carboxylic acids is 2. The van der Waals surface area contributed by atoms with Gasteiger partial charge in [0.2, 0.25) is 11.6 Å². The number of ether oxygens (including phenoxy) is 1. The third-order valence-corrected chi connectivity index (χ3v) is 3.90. The standard InChI is InChI=1S/C19H17N7O5/c1-2-31-19(28)13-7-3-4-8-14(13)23-16-15(26(29)30)17(22-11-21-16)24-25-18(27)12-6-5-9-20-10-12/h3-11H,2H2,1H3,(H,25,27)(H2,21,22,23,24). The molecule has 0 spiro atoms. The van der Waals surface area contributed by atoms with Crippen molar-refractivity contribution in [3.8, 4) is 0 Å². The number of nitro groups is 1. The molecule has 0 saturated carbocycles. The van der Waals surface area contributed by atoms with Gasteiger partial charge in [0.15, 0.2) is 0 Å². The Bertz CT molecular complexity index is 1110. The highest BCUT2D eigenvalue weighted by Crippen LogP contribution is 2.31. The van der Waals surface area contributed by atoms with Gasteiger partial charge >= 0.3 is 11.7 Å². The Hall–Kier alpha value is -4.61. The number of pyridine rings is 1. The van der Waals surface area contributed by atoms with Crippen LogP contribution < -0.4 is 16.2 Å². The van der Waals surface area contributed by atoms with E-state index in [1.165, 1.54) is 24.5 Å². The molecule has 12 nitrogen and oxygen atoms in total. The van der Waals surface area contributed by atoms with Gasteiger partial charge in [-0.3, -0.25) is 30.7 Å². The zero-order valence-corrected chi connectivity index (χ0v) is 16.2.